The molecule has 0 radical (unpaired) electrons. The van der Waals surface area contributed by atoms with E-state index in [1.165, 1.54) is 6.07 Å². The van der Waals surface area contributed by atoms with E-state index in [0.717, 1.165) is 0 Å². The molecule has 0 bridgehead atoms. The predicted octanol–water partition coefficient (Wildman–Crippen LogP) is 3.50. The zero-order valence-electron chi connectivity index (χ0n) is 8.60. The summed E-state index contributed by atoms with van der Waals surface area (Å²) in [7, 11) is 0. The first-order valence-corrected chi connectivity index (χ1v) is 6.55. The summed E-state index contributed by atoms with van der Waals surface area (Å²) in [5.41, 5.74) is 0.847. The van der Waals surface area contributed by atoms with Gasteiger partial charge in [-0.1, -0.05) is 39.1 Å². The first-order valence-electron chi connectivity index (χ1n) is 4.68. The lowest BCUT2D eigenvalue weighted by atomic mass is 10.1. The van der Waals surface area contributed by atoms with Crippen LogP contribution in [0.15, 0.2) is 6.07 Å². The second-order valence-corrected chi connectivity index (χ2v) is 4.50. The summed E-state index contributed by atoms with van der Waals surface area (Å²) in [6.07, 6.45) is 0.564. The number of nitrogens with zero attached hydrogens (tertiary/aromatic N) is 1. The molecule has 0 aliphatic heterocycles. The van der Waals surface area contributed by atoms with E-state index in [2.05, 4.69) is 20.9 Å². The third kappa shape index (κ3) is 3.34. The van der Waals surface area contributed by atoms with E-state index < -0.39 is 5.97 Å². The third-order valence-corrected chi connectivity index (χ3v) is 2.71. The Morgan fingerprint density at radius 3 is 2.81 bits per heavy atom. The van der Waals surface area contributed by atoms with Gasteiger partial charge in [-0.25, -0.2) is 9.78 Å². The van der Waals surface area contributed by atoms with Gasteiger partial charge in [0.1, 0.15) is 5.15 Å². The molecule has 0 spiro atoms. The van der Waals surface area contributed by atoms with Crippen LogP contribution in [-0.4, -0.2) is 22.9 Å². The second-order valence-electron chi connectivity index (χ2n) is 2.91. The third-order valence-electron chi connectivity index (χ3n) is 1.83. The molecule has 16 heavy (non-hydrogen) atoms. The molecule has 88 valence electrons. The SMILES string of the molecule is CCOC(=O)c1c(Cl)cc(Cl)nc1CCBr. The fourth-order valence-electron chi connectivity index (χ4n) is 1.22. The van der Waals surface area contributed by atoms with Crippen molar-refractivity contribution in [1.82, 2.24) is 4.98 Å². The van der Waals surface area contributed by atoms with Crippen molar-refractivity contribution in [2.75, 3.05) is 11.9 Å². The maximum Gasteiger partial charge on any atom is 0.341 e. The molecule has 0 atom stereocenters. The first kappa shape index (κ1) is 13.7. The monoisotopic (exact) mass is 325 g/mol. The lowest BCUT2D eigenvalue weighted by Crippen LogP contribution is -2.11. The molecule has 1 rings (SSSR count). The highest BCUT2D eigenvalue weighted by molar-refractivity contribution is 9.09. The Morgan fingerprint density at radius 1 is 1.56 bits per heavy atom. The summed E-state index contributed by atoms with van der Waals surface area (Å²) in [4.78, 5) is 15.7. The van der Waals surface area contributed by atoms with E-state index in [9.17, 15) is 4.79 Å². The van der Waals surface area contributed by atoms with Gasteiger partial charge in [0.2, 0.25) is 0 Å². The number of ether oxygens (including phenoxy) is 1. The van der Waals surface area contributed by atoms with E-state index in [4.69, 9.17) is 27.9 Å². The van der Waals surface area contributed by atoms with Crippen molar-refractivity contribution < 1.29 is 9.53 Å². The number of pyridine rings is 1. The van der Waals surface area contributed by atoms with E-state index in [-0.39, 0.29) is 10.2 Å². The first-order chi connectivity index (χ1) is 7.60. The normalized spacial score (nSPS) is 10.2. The smallest absolute Gasteiger partial charge is 0.341 e. The second kappa shape index (κ2) is 6.42. The van der Waals surface area contributed by atoms with Crippen molar-refractivity contribution in [2.45, 2.75) is 13.3 Å². The van der Waals surface area contributed by atoms with Gasteiger partial charge in [0.15, 0.2) is 0 Å². The number of carbonyl (C=O) groups is 1. The van der Waals surface area contributed by atoms with Gasteiger partial charge in [0.05, 0.1) is 22.9 Å². The summed E-state index contributed by atoms with van der Waals surface area (Å²) >= 11 is 15.0. The average molecular weight is 327 g/mol. The molecule has 1 aromatic rings. The molecule has 0 aliphatic rings. The molecule has 6 heteroatoms. The summed E-state index contributed by atoms with van der Waals surface area (Å²) in [5, 5.41) is 1.21. The highest BCUT2D eigenvalue weighted by atomic mass is 79.9. The number of hydrogen-bond acceptors (Lipinski definition) is 3. The lowest BCUT2D eigenvalue weighted by molar-refractivity contribution is 0.0525. The van der Waals surface area contributed by atoms with Crippen LogP contribution in [0.5, 0.6) is 0 Å². The van der Waals surface area contributed by atoms with Crippen molar-refractivity contribution in [1.29, 1.82) is 0 Å². The lowest BCUT2D eigenvalue weighted by Gasteiger charge is -2.09. The van der Waals surface area contributed by atoms with Crippen LogP contribution < -0.4 is 0 Å². The number of hydrogen-bond donors (Lipinski definition) is 0. The van der Waals surface area contributed by atoms with Crippen LogP contribution in [0.3, 0.4) is 0 Å². The summed E-state index contributed by atoms with van der Waals surface area (Å²) in [5.74, 6) is -0.465. The number of alkyl halides is 1. The van der Waals surface area contributed by atoms with Crippen LogP contribution in [-0.2, 0) is 11.2 Å². The standard InChI is InChI=1S/C10H10BrCl2NO2/c1-2-16-10(15)9-6(12)5-8(13)14-7(9)3-4-11/h5H,2-4H2,1H3. The van der Waals surface area contributed by atoms with Crippen LogP contribution in [0.2, 0.25) is 10.2 Å². The molecule has 1 aromatic heterocycles. The number of aromatic nitrogens is 1. The molecule has 0 aliphatic carbocycles. The van der Waals surface area contributed by atoms with Gasteiger partial charge in [-0.05, 0) is 13.0 Å². The molecule has 0 saturated heterocycles. The molecule has 0 fully saturated rings. The Morgan fingerprint density at radius 2 is 2.25 bits per heavy atom. The van der Waals surface area contributed by atoms with Crippen molar-refractivity contribution in [3.8, 4) is 0 Å². The van der Waals surface area contributed by atoms with E-state index in [0.29, 0.717) is 29.6 Å². The Hall–Kier alpha value is -0.320. The topological polar surface area (TPSA) is 39.2 Å². The molecular weight excluding hydrogens is 317 g/mol. The fourth-order valence-corrected chi connectivity index (χ4v) is 2.15. The number of esters is 1. The van der Waals surface area contributed by atoms with Crippen molar-refractivity contribution in [2.24, 2.45) is 0 Å². The van der Waals surface area contributed by atoms with Crippen molar-refractivity contribution in [3.63, 3.8) is 0 Å². The molecule has 0 aromatic carbocycles. The zero-order valence-corrected chi connectivity index (χ0v) is 11.7. The van der Waals surface area contributed by atoms with Crippen LogP contribution in [0, 0.1) is 0 Å². The van der Waals surface area contributed by atoms with Gasteiger partial charge in [0, 0.05) is 11.8 Å². The van der Waals surface area contributed by atoms with E-state index in [1.54, 1.807) is 6.92 Å². The van der Waals surface area contributed by atoms with Gasteiger partial charge >= 0.3 is 5.97 Å². The maximum atomic E-state index is 11.7. The number of halogens is 3. The highest BCUT2D eigenvalue weighted by Crippen LogP contribution is 2.24. The van der Waals surface area contributed by atoms with Gasteiger partial charge in [-0.2, -0.15) is 0 Å². The zero-order chi connectivity index (χ0) is 12.1. The molecule has 3 nitrogen and oxygen atoms in total. The largest absolute Gasteiger partial charge is 0.462 e. The fraction of sp³-hybridized carbons (Fsp3) is 0.400. The Kier molecular flexibility index (Phi) is 5.52. The minimum atomic E-state index is -0.465. The summed E-state index contributed by atoms with van der Waals surface area (Å²) in [6, 6.07) is 1.44. The van der Waals surface area contributed by atoms with Crippen LogP contribution in [0.1, 0.15) is 23.0 Å². The maximum absolute atomic E-state index is 11.7. The van der Waals surface area contributed by atoms with Gasteiger partial charge in [-0.15, -0.1) is 0 Å². The Bertz CT molecular complexity index is 399. The van der Waals surface area contributed by atoms with E-state index in [1.807, 2.05) is 0 Å². The Balaban J connectivity index is 3.18. The van der Waals surface area contributed by atoms with Gasteiger partial charge < -0.3 is 4.74 Å². The minimum Gasteiger partial charge on any atom is -0.462 e. The number of carbonyl (C=O) groups excluding carboxylic acids is 1. The van der Waals surface area contributed by atoms with E-state index >= 15 is 0 Å². The van der Waals surface area contributed by atoms with Gasteiger partial charge in [-0.3, -0.25) is 0 Å². The molecule has 0 N–H and O–H groups in total. The molecule has 0 amide bonds. The minimum absolute atomic E-state index is 0.272. The predicted molar refractivity (Wildman–Crippen MR) is 67.7 cm³/mol. The highest BCUT2D eigenvalue weighted by Gasteiger charge is 2.18. The average Bonchev–Trinajstić information content (AvgIpc) is 2.17. The Labute approximate surface area is 112 Å². The van der Waals surface area contributed by atoms with Crippen LogP contribution in [0.25, 0.3) is 0 Å². The molecule has 0 unspecified atom stereocenters. The number of rotatable bonds is 4. The molecule has 0 saturated carbocycles. The van der Waals surface area contributed by atoms with Crippen LogP contribution in [0.4, 0.5) is 0 Å². The molecule has 1 heterocycles. The summed E-state index contributed by atoms with van der Waals surface area (Å²) in [6.45, 7) is 2.03. The molecular formula is C10H10BrCl2NO2. The summed E-state index contributed by atoms with van der Waals surface area (Å²) < 4.78 is 4.91. The number of aryl methyl sites for hydroxylation is 1. The van der Waals surface area contributed by atoms with Crippen molar-refractivity contribution >= 4 is 45.1 Å². The van der Waals surface area contributed by atoms with Crippen molar-refractivity contribution in [3.05, 3.63) is 27.5 Å². The van der Waals surface area contributed by atoms with Gasteiger partial charge in [0.25, 0.3) is 0 Å². The van der Waals surface area contributed by atoms with Crippen LogP contribution >= 0.6 is 39.1 Å². The quantitative estimate of drug-likeness (QED) is 0.483.